The summed E-state index contributed by atoms with van der Waals surface area (Å²) in [6.45, 7) is 0. The molecule has 0 atom stereocenters. The first-order valence-electron chi connectivity index (χ1n) is 2.99. The number of rotatable bonds is 2. The number of aromatic nitrogens is 2. The Kier molecular flexibility index (Phi) is 2.28. The summed E-state index contributed by atoms with van der Waals surface area (Å²) in [6.07, 6.45) is 0. The summed E-state index contributed by atoms with van der Waals surface area (Å²) >= 11 is 0. The van der Waals surface area contributed by atoms with E-state index in [1.54, 1.807) is 0 Å². The van der Waals surface area contributed by atoms with Crippen LogP contribution in [0.4, 0.5) is 0 Å². The Morgan fingerprint density at radius 1 is 1.08 bits per heavy atom. The largest absolute Gasteiger partial charge is 0.409 e. The van der Waals surface area contributed by atoms with Gasteiger partial charge in [-0.25, -0.2) is 4.63 Å². The van der Waals surface area contributed by atoms with Gasteiger partial charge in [-0.05, 0) is 10.3 Å². The molecule has 1 aromatic rings. The lowest BCUT2D eigenvalue weighted by Gasteiger charge is -1.93. The van der Waals surface area contributed by atoms with Crippen LogP contribution < -0.4 is 11.5 Å². The molecule has 0 amide bonds. The molecule has 0 saturated carbocycles. The molecule has 6 N–H and O–H groups in total. The molecule has 9 heteroatoms. The van der Waals surface area contributed by atoms with Crippen LogP contribution in [0.25, 0.3) is 0 Å². The Morgan fingerprint density at radius 3 is 1.77 bits per heavy atom. The van der Waals surface area contributed by atoms with Crippen LogP contribution in [-0.4, -0.2) is 32.4 Å². The second-order valence-corrected chi connectivity index (χ2v) is 1.93. The summed E-state index contributed by atoms with van der Waals surface area (Å²) in [7, 11) is 0. The summed E-state index contributed by atoms with van der Waals surface area (Å²) < 4.78 is 4.25. The smallest absolute Gasteiger partial charge is 0.194 e. The van der Waals surface area contributed by atoms with E-state index in [4.69, 9.17) is 21.9 Å². The van der Waals surface area contributed by atoms with Gasteiger partial charge in [0.2, 0.25) is 0 Å². The molecule has 0 spiro atoms. The third-order valence-corrected chi connectivity index (χ3v) is 1.19. The zero-order valence-electron chi connectivity index (χ0n) is 6.25. The van der Waals surface area contributed by atoms with Crippen LogP contribution >= 0.6 is 0 Å². The predicted molar refractivity (Wildman–Crippen MR) is 39.3 cm³/mol. The second-order valence-electron chi connectivity index (χ2n) is 1.93. The average Bonchev–Trinajstić information content (AvgIpc) is 2.63. The number of amidine groups is 2. The lowest BCUT2D eigenvalue weighted by Crippen LogP contribution is -2.22. The maximum atomic E-state index is 8.30. The molecule has 1 heterocycles. The van der Waals surface area contributed by atoms with Gasteiger partial charge in [0, 0.05) is 0 Å². The molecule has 0 aliphatic heterocycles. The number of nitrogens with zero attached hydrogens (tertiary/aromatic N) is 4. The van der Waals surface area contributed by atoms with Crippen molar-refractivity contribution in [1.29, 1.82) is 0 Å². The van der Waals surface area contributed by atoms with E-state index in [0.717, 1.165) is 0 Å². The molecule has 0 radical (unpaired) electrons. The van der Waals surface area contributed by atoms with Gasteiger partial charge in [-0.1, -0.05) is 10.3 Å². The number of oxime groups is 2. The van der Waals surface area contributed by atoms with Crippen molar-refractivity contribution in [1.82, 2.24) is 10.3 Å². The second kappa shape index (κ2) is 3.38. The highest BCUT2D eigenvalue weighted by atomic mass is 16.6. The summed E-state index contributed by atoms with van der Waals surface area (Å²) in [5.41, 5.74) is 10.2. The lowest BCUT2D eigenvalue weighted by atomic mass is 10.3. The third kappa shape index (κ3) is 1.47. The van der Waals surface area contributed by atoms with Gasteiger partial charge >= 0.3 is 0 Å². The van der Waals surface area contributed by atoms with E-state index in [0.29, 0.717) is 0 Å². The number of hydrogen-bond acceptors (Lipinski definition) is 7. The van der Waals surface area contributed by atoms with Gasteiger partial charge in [0.15, 0.2) is 23.1 Å². The molecule has 0 aliphatic rings. The van der Waals surface area contributed by atoms with E-state index >= 15 is 0 Å². The molecule has 0 fully saturated rings. The Hall–Kier alpha value is -2.32. The average molecular weight is 186 g/mol. The fourth-order valence-corrected chi connectivity index (χ4v) is 0.619. The predicted octanol–water partition coefficient (Wildman–Crippen LogP) is -1.74. The van der Waals surface area contributed by atoms with Gasteiger partial charge in [-0.15, -0.1) is 0 Å². The minimum Gasteiger partial charge on any atom is -0.409 e. The van der Waals surface area contributed by atoms with Crippen molar-refractivity contribution in [3.8, 4) is 0 Å². The van der Waals surface area contributed by atoms with E-state index in [-0.39, 0.29) is 23.1 Å². The first-order valence-corrected chi connectivity index (χ1v) is 2.99. The van der Waals surface area contributed by atoms with E-state index in [1.807, 2.05) is 0 Å². The topological polar surface area (TPSA) is 156 Å². The van der Waals surface area contributed by atoms with Gasteiger partial charge < -0.3 is 21.9 Å². The quantitative estimate of drug-likeness (QED) is 0.185. The molecule has 1 aromatic heterocycles. The van der Waals surface area contributed by atoms with Crippen molar-refractivity contribution in [2.24, 2.45) is 21.8 Å². The molecule has 1 rings (SSSR count). The van der Waals surface area contributed by atoms with Crippen molar-refractivity contribution in [3.63, 3.8) is 0 Å². The minimum atomic E-state index is -0.345. The molecule has 70 valence electrons. The minimum absolute atomic E-state index is 0.0993. The van der Waals surface area contributed by atoms with Crippen LogP contribution in [-0.2, 0) is 0 Å². The first kappa shape index (κ1) is 8.77. The zero-order chi connectivity index (χ0) is 9.84. The van der Waals surface area contributed by atoms with E-state index in [1.165, 1.54) is 0 Å². The maximum absolute atomic E-state index is 8.30. The molecule has 0 unspecified atom stereocenters. The normalized spacial score (nSPS) is 13.2. The van der Waals surface area contributed by atoms with Gasteiger partial charge in [-0.3, -0.25) is 0 Å². The van der Waals surface area contributed by atoms with Crippen molar-refractivity contribution in [2.45, 2.75) is 0 Å². The molecule has 0 saturated heterocycles. The Bertz CT molecular complexity index is 322. The maximum Gasteiger partial charge on any atom is 0.194 e. The fourth-order valence-electron chi connectivity index (χ4n) is 0.619. The summed E-state index contributed by atoms with van der Waals surface area (Å²) in [5.74, 6) is -0.689. The van der Waals surface area contributed by atoms with Gasteiger partial charge in [-0.2, -0.15) is 0 Å². The molecular weight excluding hydrogens is 180 g/mol. The fraction of sp³-hybridized carbons (Fsp3) is 0. The van der Waals surface area contributed by atoms with Gasteiger partial charge in [0.1, 0.15) is 0 Å². The lowest BCUT2D eigenvalue weighted by molar-refractivity contribution is 0.301. The SMILES string of the molecule is N/C(=N\O)c1nonc1/C(N)=N\O. The number of nitrogens with two attached hydrogens (primary N) is 2. The summed E-state index contributed by atoms with van der Waals surface area (Å²) in [6, 6.07) is 0. The Morgan fingerprint density at radius 2 is 1.46 bits per heavy atom. The monoisotopic (exact) mass is 186 g/mol. The van der Waals surface area contributed by atoms with Crippen LogP contribution in [0, 0.1) is 0 Å². The zero-order valence-corrected chi connectivity index (χ0v) is 6.25. The van der Waals surface area contributed by atoms with Crippen molar-refractivity contribution in [3.05, 3.63) is 11.4 Å². The van der Waals surface area contributed by atoms with Crippen molar-refractivity contribution in [2.75, 3.05) is 0 Å². The third-order valence-electron chi connectivity index (χ3n) is 1.19. The van der Waals surface area contributed by atoms with Crippen LogP contribution in [0.1, 0.15) is 11.4 Å². The van der Waals surface area contributed by atoms with E-state index in [2.05, 4.69) is 25.3 Å². The van der Waals surface area contributed by atoms with Crippen LogP contribution in [0.3, 0.4) is 0 Å². The van der Waals surface area contributed by atoms with E-state index < -0.39 is 0 Å². The Labute approximate surface area is 71.3 Å². The van der Waals surface area contributed by atoms with Crippen molar-refractivity contribution < 1.29 is 15.0 Å². The summed E-state index contributed by atoms with van der Waals surface area (Å²) in [5, 5.41) is 28.5. The standard InChI is InChI=1S/C4H6N6O3/c5-3(7-11)1-2(4(6)8-12)10-13-9-1/h11-12H,(H2,5,7)(H2,6,8). The highest BCUT2D eigenvalue weighted by Gasteiger charge is 2.17. The molecule has 13 heavy (non-hydrogen) atoms. The highest BCUT2D eigenvalue weighted by Crippen LogP contribution is 2.01. The number of hydrogen-bond donors (Lipinski definition) is 4. The molecule has 9 nitrogen and oxygen atoms in total. The highest BCUT2D eigenvalue weighted by molar-refractivity contribution is 6.06. The van der Waals surface area contributed by atoms with Crippen molar-refractivity contribution >= 4 is 11.7 Å². The van der Waals surface area contributed by atoms with Crippen LogP contribution in [0.2, 0.25) is 0 Å². The molecule has 0 aliphatic carbocycles. The van der Waals surface area contributed by atoms with Crippen LogP contribution in [0.15, 0.2) is 14.9 Å². The molecular formula is C4H6N6O3. The first-order chi connectivity index (χ1) is 6.20. The molecule has 0 bridgehead atoms. The van der Waals surface area contributed by atoms with Crippen LogP contribution in [0.5, 0.6) is 0 Å². The van der Waals surface area contributed by atoms with Gasteiger partial charge in [0.25, 0.3) is 0 Å². The van der Waals surface area contributed by atoms with Gasteiger partial charge in [0.05, 0.1) is 0 Å². The summed E-state index contributed by atoms with van der Waals surface area (Å²) in [4.78, 5) is 0. The van der Waals surface area contributed by atoms with E-state index in [9.17, 15) is 0 Å². The molecule has 0 aromatic carbocycles. The Balaban J connectivity index is 3.18.